The average molecular weight is 291 g/mol. The molecule has 0 atom stereocenters. The first-order valence-corrected chi connectivity index (χ1v) is 6.93. The van der Waals surface area contributed by atoms with Gasteiger partial charge in [-0.2, -0.15) is 0 Å². The van der Waals surface area contributed by atoms with E-state index in [9.17, 15) is 0 Å². The van der Waals surface area contributed by atoms with Gasteiger partial charge in [-0.3, -0.25) is 0 Å². The molecule has 0 aliphatic heterocycles. The predicted molar refractivity (Wildman–Crippen MR) is 79.8 cm³/mol. The Balaban J connectivity index is 1.76. The number of fused-ring (bicyclic) bond motifs is 1. The van der Waals surface area contributed by atoms with Gasteiger partial charge in [-0.15, -0.1) is 0 Å². The number of rotatable bonds is 3. The van der Waals surface area contributed by atoms with Gasteiger partial charge in [0.25, 0.3) is 5.19 Å². The van der Waals surface area contributed by atoms with Crippen LogP contribution in [-0.4, -0.2) is 4.98 Å². The quantitative estimate of drug-likeness (QED) is 0.738. The summed E-state index contributed by atoms with van der Waals surface area (Å²) < 4.78 is 6.71. The largest absolute Gasteiger partial charge is 0.465 e. The summed E-state index contributed by atoms with van der Waals surface area (Å²) in [4.78, 5) is 4.40. The first kappa shape index (κ1) is 12.3. The molecule has 0 radical (unpaired) electrons. The van der Waals surface area contributed by atoms with Crippen LogP contribution in [0.4, 0.5) is 5.69 Å². The third kappa shape index (κ3) is 2.80. The van der Waals surface area contributed by atoms with Crippen LogP contribution in [0.25, 0.3) is 10.2 Å². The molecule has 0 aliphatic carbocycles. The van der Waals surface area contributed by atoms with Gasteiger partial charge >= 0.3 is 0 Å². The van der Waals surface area contributed by atoms with Crippen molar-refractivity contribution < 1.29 is 4.74 Å². The van der Waals surface area contributed by atoms with Gasteiger partial charge in [0.1, 0.15) is 6.61 Å². The van der Waals surface area contributed by atoms with Gasteiger partial charge in [-0.25, -0.2) is 4.98 Å². The van der Waals surface area contributed by atoms with Crippen molar-refractivity contribution in [2.75, 3.05) is 5.73 Å². The van der Waals surface area contributed by atoms with Crippen molar-refractivity contribution in [2.24, 2.45) is 0 Å². The molecule has 19 heavy (non-hydrogen) atoms. The highest BCUT2D eigenvalue weighted by atomic mass is 35.5. The summed E-state index contributed by atoms with van der Waals surface area (Å²) in [5.74, 6) is 0. The third-order valence-electron chi connectivity index (χ3n) is 2.67. The van der Waals surface area contributed by atoms with E-state index in [0.29, 0.717) is 11.8 Å². The summed E-state index contributed by atoms with van der Waals surface area (Å²) in [5.41, 5.74) is 8.44. The highest BCUT2D eigenvalue weighted by Gasteiger charge is 2.05. The van der Waals surface area contributed by atoms with Crippen LogP contribution in [0.15, 0.2) is 42.5 Å². The summed E-state index contributed by atoms with van der Waals surface area (Å²) in [6, 6.07) is 13.2. The maximum Gasteiger partial charge on any atom is 0.274 e. The lowest BCUT2D eigenvalue weighted by Gasteiger charge is -2.01. The molecule has 0 bridgehead atoms. The van der Waals surface area contributed by atoms with Crippen LogP contribution in [0.2, 0.25) is 5.02 Å². The second kappa shape index (κ2) is 5.07. The number of nitrogens with two attached hydrogens (primary N) is 1. The fourth-order valence-electron chi connectivity index (χ4n) is 1.71. The second-order valence-electron chi connectivity index (χ2n) is 4.12. The molecule has 3 rings (SSSR count). The van der Waals surface area contributed by atoms with Gasteiger partial charge in [0.15, 0.2) is 0 Å². The summed E-state index contributed by atoms with van der Waals surface area (Å²) in [6.45, 7) is 0.479. The summed E-state index contributed by atoms with van der Waals surface area (Å²) in [5, 5.41) is 1.37. The Morgan fingerprint density at radius 2 is 1.95 bits per heavy atom. The molecule has 96 valence electrons. The van der Waals surface area contributed by atoms with E-state index in [1.54, 1.807) is 0 Å². The number of hydrogen-bond donors (Lipinski definition) is 1. The molecule has 2 aromatic carbocycles. The normalized spacial score (nSPS) is 10.8. The van der Waals surface area contributed by atoms with Crippen molar-refractivity contribution in [1.82, 2.24) is 4.98 Å². The standard InChI is InChI=1S/C14H11ClN2OS/c15-10-3-1-9(2-4-10)8-18-14-17-12-6-5-11(16)7-13(12)19-14/h1-7H,8,16H2. The average Bonchev–Trinajstić information content (AvgIpc) is 2.80. The first-order chi connectivity index (χ1) is 9.20. The smallest absolute Gasteiger partial charge is 0.274 e. The van der Waals surface area contributed by atoms with E-state index in [4.69, 9.17) is 22.1 Å². The van der Waals surface area contributed by atoms with E-state index < -0.39 is 0 Å². The zero-order valence-electron chi connectivity index (χ0n) is 9.97. The van der Waals surface area contributed by atoms with E-state index in [0.717, 1.165) is 26.5 Å². The Morgan fingerprint density at radius 1 is 1.16 bits per heavy atom. The molecule has 0 spiro atoms. The Labute approximate surface area is 119 Å². The predicted octanol–water partition coefficient (Wildman–Crippen LogP) is 4.11. The van der Waals surface area contributed by atoms with E-state index in [1.807, 2.05) is 42.5 Å². The minimum absolute atomic E-state index is 0.479. The number of hydrogen-bond acceptors (Lipinski definition) is 4. The molecular formula is C14H11ClN2OS. The summed E-state index contributed by atoms with van der Waals surface area (Å²) >= 11 is 7.33. The molecule has 0 saturated heterocycles. The lowest BCUT2D eigenvalue weighted by atomic mass is 10.2. The second-order valence-corrected chi connectivity index (χ2v) is 5.55. The number of thiazole rings is 1. The molecule has 3 aromatic rings. The van der Waals surface area contributed by atoms with Gasteiger partial charge in [0.05, 0.1) is 10.2 Å². The highest BCUT2D eigenvalue weighted by molar-refractivity contribution is 7.20. The van der Waals surface area contributed by atoms with E-state index in [-0.39, 0.29) is 0 Å². The fraction of sp³-hybridized carbons (Fsp3) is 0.0714. The van der Waals surface area contributed by atoms with Gasteiger partial charge < -0.3 is 10.5 Å². The van der Waals surface area contributed by atoms with Gasteiger partial charge in [0, 0.05) is 10.7 Å². The number of nitrogen functional groups attached to an aromatic ring is 1. The fourth-order valence-corrected chi connectivity index (χ4v) is 2.70. The lowest BCUT2D eigenvalue weighted by Crippen LogP contribution is -1.94. The Morgan fingerprint density at radius 3 is 2.74 bits per heavy atom. The van der Waals surface area contributed by atoms with Crippen LogP contribution in [-0.2, 0) is 6.61 Å². The molecule has 3 nitrogen and oxygen atoms in total. The topological polar surface area (TPSA) is 48.1 Å². The van der Waals surface area contributed by atoms with E-state index in [2.05, 4.69) is 4.98 Å². The Kier molecular flexibility index (Phi) is 3.27. The van der Waals surface area contributed by atoms with Crippen molar-refractivity contribution in [1.29, 1.82) is 0 Å². The minimum Gasteiger partial charge on any atom is -0.465 e. The van der Waals surface area contributed by atoms with Crippen LogP contribution in [0.3, 0.4) is 0 Å². The van der Waals surface area contributed by atoms with Crippen molar-refractivity contribution in [3.05, 3.63) is 53.1 Å². The van der Waals surface area contributed by atoms with Crippen LogP contribution >= 0.6 is 22.9 Å². The van der Waals surface area contributed by atoms with Crippen molar-refractivity contribution in [3.63, 3.8) is 0 Å². The number of nitrogens with zero attached hydrogens (tertiary/aromatic N) is 1. The molecule has 2 N–H and O–H groups in total. The van der Waals surface area contributed by atoms with E-state index >= 15 is 0 Å². The monoisotopic (exact) mass is 290 g/mol. The van der Waals surface area contributed by atoms with Crippen molar-refractivity contribution >= 4 is 38.8 Å². The van der Waals surface area contributed by atoms with Crippen LogP contribution in [0.1, 0.15) is 5.56 Å². The molecule has 0 saturated carbocycles. The number of benzene rings is 2. The first-order valence-electron chi connectivity index (χ1n) is 5.74. The summed E-state index contributed by atoms with van der Waals surface area (Å²) in [6.07, 6.45) is 0. The number of anilines is 1. The van der Waals surface area contributed by atoms with Gasteiger partial charge in [-0.1, -0.05) is 35.1 Å². The van der Waals surface area contributed by atoms with Crippen molar-refractivity contribution in [2.45, 2.75) is 6.61 Å². The molecule has 5 heteroatoms. The van der Waals surface area contributed by atoms with Crippen LogP contribution in [0, 0.1) is 0 Å². The van der Waals surface area contributed by atoms with Crippen LogP contribution in [0.5, 0.6) is 5.19 Å². The molecule has 0 fully saturated rings. The Hall–Kier alpha value is -1.78. The third-order valence-corrected chi connectivity index (χ3v) is 3.85. The minimum atomic E-state index is 0.479. The number of ether oxygens (including phenoxy) is 1. The molecule has 0 amide bonds. The molecule has 0 unspecified atom stereocenters. The van der Waals surface area contributed by atoms with Crippen LogP contribution < -0.4 is 10.5 Å². The molecule has 0 aliphatic rings. The Bertz CT molecular complexity index is 709. The maximum absolute atomic E-state index is 5.83. The number of aromatic nitrogens is 1. The zero-order valence-corrected chi connectivity index (χ0v) is 11.5. The van der Waals surface area contributed by atoms with E-state index in [1.165, 1.54) is 11.3 Å². The van der Waals surface area contributed by atoms with Gasteiger partial charge in [-0.05, 0) is 35.9 Å². The maximum atomic E-state index is 5.83. The zero-order chi connectivity index (χ0) is 13.2. The van der Waals surface area contributed by atoms with Crippen molar-refractivity contribution in [3.8, 4) is 5.19 Å². The SMILES string of the molecule is Nc1ccc2nc(OCc3ccc(Cl)cc3)sc2c1. The summed E-state index contributed by atoms with van der Waals surface area (Å²) in [7, 11) is 0. The number of halogens is 1. The molecule has 1 aromatic heterocycles. The molecular weight excluding hydrogens is 280 g/mol. The lowest BCUT2D eigenvalue weighted by molar-refractivity contribution is 0.305. The van der Waals surface area contributed by atoms with Gasteiger partial charge in [0.2, 0.25) is 0 Å². The highest BCUT2D eigenvalue weighted by Crippen LogP contribution is 2.29. The molecule has 1 heterocycles.